The molecule has 0 unspecified atom stereocenters. The lowest BCUT2D eigenvalue weighted by molar-refractivity contribution is 0.849. The lowest BCUT2D eigenvalue weighted by Crippen LogP contribution is -2.11. The zero-order chi connectivity index (χ0) is 17.4. The van der Waals surface area contributed by atoms with Crippen molar-refractivity contribution in [3.05, 3.63) is 64.5 Å². The van der Waals surface area contributed by atoms with Crippen molar-refractivity contribution in [2.24, 2.45) is 0 Å². The Labute approximate surface area is 157 Å². The fourth-order valence-electron chi connectivity index (χ4n) is 2.43. The van der Waals surface area contributed by atoms with E-state index >= 15 is 0 Å². The number of nitrogens with two attached hydrogens (primary N) is 1. The van der Waals surface area contributed by atoms with Crippen molar-refractivity contribution < 1.29 is 0 Å². The first kappa shape index (κ1) is 16.3. The molecule has 0 bridgehead atoms. The lowest BCUT2D eigenvalue weighted by atomic mass is 10.2. The molecule has 0 aliphatic carbocycles. The highest BCUT2D eigenvalue weighted by Crippen LogP contribution is 2.28. The second-order valence-electron chi connectivity index (χ2n) is 5.29. The van der Waals surface area contributed by atoms with E-state index in [9.17, 15) is 0 Å². The number of halogens is 2. The first-order valence-electron chi connectivity index (χ1n) is 7.33. The Bertz CT molecular complexity index is 1060. The number of nitrogens with zero attached hydrogens (tertiary/aromatic N) is 5. The van der Waals surface area contributed by atoms with Crippen LogP contribution in [0, 0.1) is 0 Å². The van der Waals surface area contributed by atoms with E-state index in [1.165, 1.54) is 16.4 Å². The maximum Gasteiger partial charge on any atom is 0.210 e. The van der Waals surface area contributed by atoms with Gasteiger partial charge in [0, 0.05) is 23.7 Å². The highest BCUT2D eigenvalue weighted by atomic mass is 35.5. The number of thioether (sulfide) groups is 1. The second-order valence-corrected chi connectivity index (χ2v) is 7.08. The SMILES string of the molecule is Nn1c(SCc2cn3cc(Cl)ccc3n2)nnc1-c1ccccc1Cl. The zero-order valence-electron chi connectivity index (χ0n) is 12.8. The summed E-state index contributed by atoms with van der Waals surface area (Å²) in [5, 5.41) is 10.1. The van der Waals surface area contributed by atoms with Gasteiger partial charge >= 0.3 is 0 Å². The van der Waals surface area contributed by atoms with Crippen LogP contribution in [0.3, 0.4) is 0 Å². The number of benzene rings is 1. The van der Waals surface area contributed by atoms with E-state index in [1.54, 1.807) is 6.07 Å². The van der Waals surface area contributed by atoms with Crippen LogP contribution in [0.1, 0.15) is 5.69 Å². The van der Waals surface area contributed by atoms with Crippen LogP contribution >= 0.6 is 35.0 Å². The molecule has 0 atom stereocenters. The van der Waals surface area contributed by atoms with Crippen molar-refractivity contribution in [3.8, 4) is 11.4 Å². The Balaban J connectivity index is 1.56. The van der Waals surface area contributed by atoms with Crippen LogP contribution in [0.15, 0.2) is 53.9 Å². The van der Waals surface area contributed by atoms with E-state index in [-0.39, 0.29) is 0 Å². The normalized spacial score (nSPS) is 11.3. The van der Waals surface area contributed by atoms with Gasteiger partial charge in [0.15, 0.2) is 5.82 Å². The molecule has 4 aromatic rings. The summed E-state index contributed by atoms with van der Waals surface area (Å²) in [6.45, 7) is 0. The summed E-state index contributed by atoms with van der Waals surface area (Å²) in [5.74, 6) is 7.26. The van der Waals surface area contributed by atoms with Crippen LogP contribution in [0.4, 0.5) is 0 Å². The summed E-state index contributed by atoms with van der Waals surface area (Å²) in [7, 11) is 0. The van der Waals surface area contributed by atoms with E-state index in [2.05, 4.69) is 15.2 Å². The smallest absolute Gasteiger partial charge is 0.210 e. The second kappa shape index (κ2) is 6.59. The Kier molecular flexibility index (Phi) is 4.29. The number of rotatable bonds is 4. The van der Waals surface area contributed by atoms with Crippen molar-refractivity contribution in [2.75, 3.05) is 5.84 Å². The molecule has 4 rings (SSSR count). The first-order chi connectivity index (χ1) is 12.1. The third-order valence-electron chi connectivity index (χ3n) is 3.59. The van der Waals surface area contributed by atoms with Crippen molar-refractivity contribution in [3.63, 3.8) is 0 Å². The van der Waals surface area contributed by atoms with Crippen LogP contribution in [0.2, 0.25) is 10.0 Å². The average Bonchev–Trinajstić information content (AvgIpc) is 3.16. The Morgan fingerprint density at radius 1 is 1.04 bits per heavy atom. The molecule has 0 aliphatic heterocycles. The molecule has 0 fully saturated rings. The molecular weight excluding hydrogens is 379 g/mol. The Hall–Kier alpha value is -2.22. The average molecular weight is 391 g/mol. The first-order valence-corrected chi connectivity index (χ1v) is 9.07. The quantitative estimate of drug-likeness (QED) is 0.422. The fraction of sp³-hybridized carbons (Fsp3) is 0.0625. The number of imidazole rings is 1. The van der Waals surface area contributed by atoms with E-state index in [1.807, 2.05) is 47.1 Å². The Morgan fingerprint density at radius 3 is 2.72 bits per heavy atom. The van der Waals surface area contributed by atoms with Crippen LogP contribution in [-0.2, 0) is 5.75 Å². The van der Waals surface area contributed by atoms with E-state index in [0.29, 0.717) is 26.8 Å². The lowest BCUT2D eigenvalue weighted by Gasteiger charge is -2.04. The van der Waals surface area contributed by atoms with Crippen LogP contribution in [0.5, 0.6) is 0 Å². The van der Waals surface area contributed by atoms with E-state index in [4.69, 9.17) is 29.0 Å². The van der Waals surface area contributed by atoms with Crippen molar-refractivity contribution in [2.45, 2.75) is 10.9 Å². The van der Waals surface area contributed by atoms with Crippen molar-refractivity contribution in [1.29, 1.82) is 0 Å². The third kappa shape index (κ3) is 3.18. The molecule has 0 aliphatic rings. The predicted octanol–water partition coefficient (Wildman–Crippen LogP) is 3.91. The van der Waals surface area contributed by atoms with Gasteiger partial charge in [0.2, 0.25) is 5.16 Å². The Morgan fingerprint density at radius 2 is 1.88 bits per heavy atom. The predicted molar refractivity (Wildman–Crippen MR) is 100 cm³/mol. The molecule has 3 heterocycles. The van der Waals surface area contributed by atoms with Gasteiger partial charge in [-0.2, -0.15) is 0 Å². The largest absolute Gasteiger partial charge is 0.335 e. The summed E-state index contributed by atoms with van der Waals surface area (Å²) in [6.07, 6.45) is 3.75. The van der Waals surface area contributed by atoms with Gasteiger partial charge in [-0.15, -0.1) is 10.2 Å². The van der Waals surface area contributed by atoms with E-state index in [0.717, 1.165) is 16.9 Å². The summed E-state index contributed by atoms with van der Waals surface area (Å²) in [5.41, 5.74) is 2.48. The molecule has 0 radical (unpaired) electrons. The number of hydrogen-bond donors (Lipinski definition) is 1. The van der Waals surface area contributed by atoms with Gasteiger partial charge in [0.05, 0.1) is 15.7 Å². The minimum atomic E-state index is 0.523. The molecular formula is C16H12Cl2N6S. The van der Waals surface area contributed by atoms with Crippen molar-refractivity contribution in [1.82, 2.24) is 24.3 Å². The van der Waals surface area contributed by atoms with Gasteiger partial charge in [0.1, 0.15) is 5.65 Å². The van der Waals surface area contributed by atoms with Gasteiger partial charge in [-0.3, -0.25) is 0 Å². The van der Waals surface area contributed by atoms with Gasteiger partial charge in [-0.1, -0.05) is 47.1 Å². The van der Waals surface area contributed by atoms with Crippen LogP contribution in [-0.4, -0.2) is 24.3 Å². The molecule has 0 spiro atoms. The highest BCUT2D eigenvalue weighted by molar-refractivity contribution is 7.98. The van der Waals surface area contributed by atoms with Crippen LogP contribution < -0.4 is 5.84 Å². The molecule has 0 amide bonds. The molecule has 0 saturated carbocycles. The minimum Gasteiger partial charge on any atom is -0.335 e. The number of hydrogen-bond acceptors (Lipinski definition) is 5. The molecule has 6 nitrogen and oxygen atoms in total. The van der Waals surface area contributed by atoms with Gasteiger partial charge in [-0.25, -0.2) is 9.66 Å². The summed E-state index contributed by atoms with van der Waals surface area (Å²) in [6, 6.07) is 11.1. The zero-order valence-corrected chi connectivity index (χ0v) is 15.1. The molecule has 2 N–H and O–H groups in total. The van der Waals surface area contributed by atoms with Gasteiger partial charge in [0.25, 0.3) is 0 Å². The molecule has 0 saturated heterocycles. The highest BCUT2D eigenvalue weighted by Gasteiger charge is 2.15. The summed E-state index contributed by atoms with van der Waals surface area (Å²) in [4.78, 5) is 4.54. The molecule has 25 heavy (non-hydrogen) atoms. The summed E-state index contributed by atoms with van der Waals surface area (Å²) >= 11 is 13.6. The molecule has 126 valence electrons. The number of fused-ring (bicyclic) bond motifs is 1. The third-order valence-corrected chi connectivity index (χ3v) is 5.12. The monoisotopic (exact) mass is 390 g/mol. The minimum absolute atomic E-state index is 0.523. The van der Waals surface area contributed by atoms with Crippen molar-refractivity contribution >= 4 is 40.6 Å². The maximum absolute atomic E-state index is 6.20. The molecule has 1 aromatic carbocycles. The van der Waals surface area contributed by atoms with Gasteiger partial charge in [-0.05, 0) is 24.3 Å². The van der Waals surface area contributed by atoms with E-state index < -0.39 is 0 Å². The maximum atomic E-state index is 6.20. The molecule has 9 heteroatoms. The van der Waals surface area contributed by atoms with Crippen LogP contribution in [0.25, 0.3) is 17.0 Å². The number of pyridine rings is 1. The number of aromatic nitrogens is 5. The standard InChI is InChI=1S/C16H12Cl2N6S/c17-10-5-6-14-20-11(8-23(14)7-10)9-25-16-22-21-15(24(16)19)12-3-1-2-4-13(12)18/h1-8H,9,19H2. The topological polar surface area (TPSA) is 74.0 Å². The number of nitrogen functional groups attached to an aromatic ring is 1. The fourth-order valence-corrected chi connectivity index (χ4v) is 3.56. The molecule has 3 aromatic heterocycles. The van der Waals surface area contributed by atoms with Gasteiger partial charge < -0.3 is 10.2 Å². The summed E-state index contributed by atoms with van der Waals surface area (Å²) < 4.78 is 3.33.